The van der Waals surface area contributed by atoms with Crippen LogP contribution in [0, 0.1) is 0 Å². The van der Waals surface area contributed by atoms with Crippen LogP contribution in [-0.2, 0) is 4.79 Å². The lowest BCUT2D eigenvalue weighted by molar-refractivity contribution is -0.124. The lowest BCUT2D eigenvalue weighted by Gasteiger charge is -2.21. The molecular weight excluding hydrogens is 248 g/mol. The fourth-order valence-corrected chi connectivity index (χ4v) is 2.64. The zero-order valence-electron chi connectivity index (χ0n) is 12.4. The van der Waals surface area contributed by atoms with E-state index in [4.69, 9.17) is 0 Å². The highest BCUT2D eigenvalue weighted by Crippen LogP contribution is 2.20. The molecule has 108 valence electrons. The molecule has 0 aliphatic carbocycles. The van der Waals surface area contributed by atoms with Crippen molar-refractivity contribution in [3.8, 4) is 0 Å². The minimum absolute atomic E-state index is 0.134. The van der Waals surface area contributed by atoms with Gasteiger partial charge in [-0.2, -0.15) is 0 Å². The minimum atomic E-state index is 0.134. The molecule has 1 N–H and O–H groups in total. The molecule has 3 nitrogen and oxygen atoms in total. The van der Waals surface area contributed by atoms with Crippen molar-refractivity contribution in [1.29, 1.82) is 0 Å². The van der Waals surface area contributed by atoms with Crippen molar-refractivity contribution < 1.29 is 4.79 Å². The average molecular weight is 272 g/mol. The van der Waals surface area contributed by atoms with Crippen molar-refractivity contribution in [3.05, 3.63) is 42.0 Å². The summed E-state index contributed by atoms with van der Waals surface area (Å²) in [6, 6.07) is 10.3. The number of nitrogens with zero attached hydrogens (tertiary/aromatic N) is 1. The van der Waals surface area contributed by atoms with E-state index in [1.54, 1.807) is 0 Å². The molecule has 0 aromatic heterocycles. The Labute approximate surface area is 121 Å². The van der Waals surface area contributed by atoms with E-state index in [0.717, 1.165) is 37.2 Å². The lowest BCUT2D eigenvalue weighted by Crippen LogP contribution is -2.32. The summed E-state index contributed by atoms with van der Waals surface area (Å²) in [4.78, 5) is 14.6. The van der Waals surface area contributed by atoms with Gasteiger partial charge in [-0.3, -0.25) is 4.79 Å². The first-order chi connectivity index (χ1) is 9.76. The highest BCUT2D eigenvalue weighted by Gasteiger charge is 2.20. The maximum absolute atomic E-state index is 12.7. The molecule has 1 fully saturated rings. The Morgan fingerprint density at radius 1 is 1.30 bits per heavy atom. The third-order valence-corrected chi connectivity index (χ3v) is 3.83. The molecule has 0 saturated carbocycles. The van der Waals surface area contributed by atoms with Crippen molar-refractivity contribution in [2.45, 2.75) is 32.7 Å². The molecule has 0 spiro atoms. The van der Waals surface area contributed by atoms with Gasteiger partial charge in [-0.25, -0.2) is 0 Å². The van der Waals surface area contributed by atoms with E-state index in [1.807, 2.05) is 49.1 Å². The number of likely N-dealkylation sites (N-methyl/N-ethyl adjacent to an activating group) is 1. The Hall–Kier alpha value is -1.61. The topological polar surface area (TPSA) is 32.3 Å². The zero-order valence-corrected chi connectivity index (χ0v) is 12.4. The standard InChI is InChI=1S/C17H24N2O/c1-3-19(4-2)17(20)16(13-15-11-8-12-18-15)14-9-6-5-7-10-14/h5-7,9-10,13,15,18H,3-4,8,11-12H2,1-2H3/b16-13-. The molecule has 1 aliphatic rings. The molecule has 1 amide bonds. The molecule has 1 aromatic rings. The zero-order chi connectivity index (χ0) is 14.4. The second-order valence-corrected chi connectivity index (χ2v) is 5.13. The molecule has 0 radical (unpaired) electrons. The van der Waals surface area contributed by atoms with Gasteiger partial charge < -0.3 is 10.2 Å². The smallest absolute Gasteiger partial charge is 0.254 e. The average Bonchev–Trinajstić information content (AvgIpc) is 3.00. The summed E-state index contributed by atoms with van der Waals surface area (Å²) in [5.74, 6) is 0.134. The Balaban J connectivity index is 2.31. The lowest BCUT2D eigenvalue weighted by atomic mass is 10.0. The number of carbonyl (C=O) groups is 1. The van der Waals surface area contributed by atoms with Crippen LogP contribution in [0.15, 0.2) is 36.4 Å². The third-order valence-electron chi connectivity index (χ3n) is 3.83. The van der Waals surface area contributed by atoms with E-state index in [9.17, 15) is 4.79 Å². The quantitative estimate of drug-likeness (QED) is 0.836. The van der Waals surface area contributed by atoms with E-state index in [1.165, 1.54) is 6.42 Å². The number of rotatable bonds is 5. The molecule has 20 heavy (non-hydrogen) atoms. The van der Waals surface area contributed by atoms with Crippen LogP contribution in [0.3, 0.4) is 0 Å². The van der Waals surface area contributed by atoms with Crippen LogP contribution in [0.2, 0.25) is 0 Å². The fourth-order valence-electron chi connectivity index (χ4n) is 2.64. The van der Waals surface area contributed by atoms with Crippen molar-refractivity contribution >= 4 is 11.5 Å². The van der Waals surface area contributed by atoms with E-state index in [2.05, 4.69) is 11.4 Å². The Morgan fingerprint density at radius 3 is 2.55 bits per heavy atom. The molecule has 0 bridgehead atoms. The Bertz CT molecular complexity index is 457. The van der Waals surface area contributed by atoms with Gasteiger partial charge in [0.05, 0.1) is 0 Å². The van der Waals surface area contributed by atoms with E-state index in [-0.39, 0.29) is 5.91 Å². The highest BCUT2D eigenvalue weighted by atomic mass is 16.2. The maximum Gasteiger partial charge on any atom is 0.254 e. The molecule has 1 heterocycles. The number of amides is 1. The second-order valence-electron chi connectivity index (χ2n) is 5.13. The number of hydrogen-bond donors (Lipinski definition) is 1. The summed E-state index contributed by atoms with van der Waals surface area (Å²) in [7, 11) is 0. The number of nitrogens with one attached hydrogen (secondary N) is 1. The van der Waals surface area contributed by atoms with Gasteiger partial charge >= 0.3 is 0 Å². The summed E-state index contributed by atoms with van der Waals surface area (Å²) in [5, 5.41) is 3.44. The molecule has 1 saturated heterocycles. The van der Waals surface area contributed by atoms with Gasteiger partial charge in [-0.1, -0.05) is 36.4 Å². The molecule has 1 aliphatic heterocycles. The summed E-state index contributed by atoms with van der Waals surface area (Å²) < 4.78 is 0. The number of carbonyl (C=O) groups excluding carboxylic acids is 1. The van der Waals surface area contributed by atoms with Crippen molar-refractivity contribution in [2.75, 3.05) is 19.6 Å². The van der Waals surface area contributed by atoms with Gasteiger partial charge in [0, 0.05) is 24.7 Å². The first-order valence-corrected chi connectivity index (χ1v) is 7.56. The first-order valence-electron chi connectivity index (χ1n) is 7.56. The van der Waals surface area contributed by atoms with Gasteiger partial charge in [0.25, 0.3) is 5.91 Å². The monoisotopic (exact) mass is 272 g/mol. The minimum Gasteiger partial charge on any atom is -0.339 e. The van der Waals surface area contributed by atoms with E-state index >= 15 is 0 Å². The molecule has 1 atom stereocenters. The SMILES string of the molecule is CCN(CC)C(=O)/C(=C\C1CCCN1)c1ccccc1. The van der Waals surface area contributed by atoms with Crippen LogP contribution < -0.4 is 5.32 Å². The highest BCUT2D eigenvalue weighted by molar-refractivity contribution is 6.19. The Morgan fingerprint density at radius 2 is 2.00 bits per heavy atom. The summed E-state index contributed by atoms with van der Waals surface area (Å²) >= 11 is 0. The van der Waals surface area contributed by atoms with Gasteiger partial charge in [0.15, 0.2) is 0 Å². The van der Waals surface area contributed by atoms with Crippen molar-refractivity contribution in [3.63, 3.8) is 0 Å². The van der Waals surface area contributed by atoms with Crippen LogP contribution in [0.25, 0.3) is 5.57 Å². The van der Waals surface area contributed by atoms with Crippen LogP contribution in [-0.4, -0.2) is 36.5 Å². The number of benzene rings is 1. The normalized spacial score (nSPS) is 19.1. The van der Waals surface area contributed by atoms with E-state index in [0.29, 0.717) is 6.04 Å². The predicted octanol–water partition coefficient (Wildman–Crippen LogP) is 2.69. The van der Waals surface area contributed by atoms with Crippen LogP contribution >= 0.6 is 0 Å². The number of hydrogen-bond acceptors (Lipinski definition) is 2. The van der Waals surface area contributed by atoms with Crippen molar-refractivity contribution in [2.24, 2.45) is 0 Å². The van der Waals surface area contributed by atoms with Gasteiger partial charge in [0.2, 0.25) is 0 Å². The molecule has 1 aromatic carbocycles. The van der Waals surface area contributed by atoms with Crippen LogP contribution in [0.1, 0.15) is 32.3 Å². The van der Waals surface area contributed by atoms with Crippen LogP contribution in [0.4, 0.5) is 0 Å². The van der Waals surface area contributed by atoms with Gasteiger partial charge in [-0.05, 0) is 38.8 Å². The van der Waals surface area contributed by atoms with Gasteiger partial charge in [0.1, 0.15) is 0 Å². The van der Waals surface area contributed by atoms with Crippen molar-refractivity contribution in [1.82, 2.24) is 10.2 Å². The summed E-state index contributed by atoms with van der Waals surface area (Å²) in [5.41, 5.74) is 1.84. The largest absolute Gasteiger partial charge is 0.339 e. The molecule has 1 unspecified atom stereocenters. The Kier molecular flexibility index (Phi) is 5.36. The summed E-state index contributed by atoms with van der Waals surface area (Å²) in [6.45, 7) is 6.59. The maximum atomic E-state index is 12.7. The van der Waals surface area contributed by atoms with Gasteiger partial charge in [-0.15, -0.1) is 0 Å². The summed E-state index contributed by atoms with van der Waals surface area (Å²) in [6.07, 6.45) is 4.41. The first kappa shape index (κ1) is 14.8. The van der Waals surface area contributed by atoms with Crippen LogP contribution in [0.5, 0.6) is 0 Å². The second kappa shape index (κ2) is 7.25. The third kappa shape index (κ3) is 3.48. The molecule has 3 heteroatoms. The molecule has 2 rings (SSSR count). The van der Waals surface area contributed by atoms with E-state index < -0.39 is 0 Å². The predicted molar refractivity (Wildman–Crippen MR) is 83.4 cm³/mol. The molecular formula is C17H24N2O. The fraction of sp³-hybridized carbons (Fsp3) is 0.471.